The van der Waals surface area contributed by atoms with E-state index in [1.54, 1.807) is 0 Å². The maximum atomic E-state index is 10.3. The molecule has 0 aromatic carbocycles. The first-order chi connectivity index (χ1) is 7.91. The molecule has 1 aromatic heterocycles. The molecule has 5 heteroatoms. The lowest BCUT2D eigenvalue weighted by molar-refractivity contribution is 0.0586. The number of nitrogens with one attached hydrogen (secondary N) is 1. The molecular formula is C12H22BrN3O. The van der Waals surface area contributed by atoms with Gasteiger partial charge in [-0.25, -0.2) is 0 Å². The Morgan fingerprint density at radius 1 is 1.47 bits per heavy atom. The van der Waals surface area contributed by atoms with Gasteiger partial charge in [0, 0.05) is 20.0 Å². The molecule has 0 spiro atoms. The van der Waals surface area contributed by atoms with Crippen LogP contribution in [0.5, 0.6) is 0 Å². The molecule has 1 rings (SSSR count). The van der Waals surface area contributed by atoms with Crippen LogP contribution in [0.3, 0.4) is 0 Å². The Hall–Kier alpha value is -0.390. The Labute approximate surface area is 112 Å². The minimum absolute atomic E-state index is 0.586. The molecule has 0 radical (unpaired) electrons. The van der Waals surface area contributed by atoms with Gasteiger partial charge in [-0.15, -0.1) is 0 Å². The van der Waals surface area contributed by atoms with Gasteiger partial charge in [-0.3, -0.25) is 4.68 Å². The van der Waals surface area contributed by atoms with Crippen molar-refractivity contribution in [3.63, 3.8) is 0 Å². The third kappa shape index (κ3) is 3.79. The highest BCUT2D eigenvalue weighted by molar-refractivity contribution is 9.10. The maximum Gasteiger partial charge on any atom is 0.0799 e. The highest BCUT2D eigenvalue weighted by Crippen LogP contribution is 2.25. The molecule has 0 saturated heterocycles. The maximum absolute atomic E-state index is 10.3. The summed E-state index contributed by atoms with van der Waals surface area (Å²) in [6, 6.07) is 0. The van der Waals surface area contributed by atoms with Gasteiger partial charge in [0.25, 0.3) is 0 Å². The van der Waals surface area contributed by atoms with E-state index in [4.69, 9.17) is 0 Å². The molecule has 1 atom stereocenters. The molecule has 0 bridgehead atoms. The van der Waals surface area contributed by atoms with Gasteiger partial charge < -0.3 is 10.4 Å². The molecule has 98 valence electrons. The van der Waals surface area contributed by atoms with Crippen LogP contribution in [0.2, 0.25) is 0 Å². The number of aromatic nitrogens is 2. The number of nitrogens with zero attached hydrogens (tertiary/aromatic N) is 2. The normalized spacial score (nSPS) is 14.9. The van der Waals surface area contributed by atoms with Crippen LogP contribution >= 0.6 is 15.9 Å². The van der Waals surface area contributed by atoms with Gasteiger partial charge in [-0.1, -0.05) is 13.8 Å². The Bertz CT molecular complexity index is 374. The highest BCUT2D eigenvalue weighted by Gasteiger charge is 2.24. The summed E-state index contributed by atoms with van der Waals surface area (Å²) < 4.78 is 2.88. The van der Waals surface area contributed by atoms with Crippen molar-refractivity contribution < 1.29 is 5.11 Å². The second-order valence-corrected chi connectivity index (χ2v) is 5.43. The summed E-state index contributed by atoms with van der Waals surface area (Å²) >= 11 is 3.57. The van der Waals surface area contributed by atoms with Crippen LogP contribution in [0.4, 0.5) is 0 Å². The Balaban J connectivity index is 2.83. The van der Waals surface area contributed by atoms with Gasteiger partial charge in [0.1, 0.15) is 0 Å². The van der Waals surface area contributed by atoms with Crippen molar-refractivity contribution in [2.45, 2.75) is 39.2 Å². The summed E-state index contributed by atoms with van der Waals surface area (Å²) in [5, 5.41) is 17.9. The summed E-state index contributed by atoms with van der Waals surface area (Å²) in [4.78, 5) is 0. The number of hydrogen-bond acceptors (Lipinski definition) is 3. The molecule has 1 heterocycles. The number of aryl methyl sites for hydroxylation is 2. The third-order valence-electron chi connectivity index (χ3n) is 2.81. The lowest BCUT2D eigenvalue weighted by atomic mass is 10.00. The summed E-state index contributed by atoms with van der Waals surface area (Å²) in [5.41, 5.74) is 1.34. The lowest BCUT2D eigenvalue weighted by Gasteiger charge is -2.23. The Morgan fingerprint density at radius 3 is 2.59 bits per heavy atom. The first-order valence-corrected chi connectivity index (χ1v) is 6.84. The smallest absolute Gasteiger partial charge is 0.0799 e. The van der Waals surface area contributed by atoms with Gasteiger partial charge in [-0.2, -0.15) is 5.10 Å². The van der Waals surface area contributed by atoms with Gasteiger partial charge in [0.2, 0.25) is 0 Å². The lowest BCUT2D eigenvalue weighted by Crippen LogP contribution is -2.40. The standard InChI is InChI=1S/C12H22BrN3O/c1-5-9-11(13)10(16(4)15-9)7-12(3,17)8-14-6-2/h14,17H,5-8H2,1-4H3. The van der Waals surface area contributed by atoms with Crippen LogP contribution in [-0.2, 0) is 19.9 Å². The minimum Gasteiger partial charge on any atom is -0.388 e. The fourth-order valence-electron chi connectivity index (χ4n) is 1.83. The minimum atomic E-state index is -0.753. The molecular weight excluding hydrogens is 282 g/mol. The zero-order valence-electron chi connectivity index (χ0n) is 11.0. The summed E-state index contributed by atoms with van der Waals surface area (Å²) in [6.45, 7) is 7.41. The van der Waals surface area contributed by atoms with Gasteiger partial charge in [0.05, 0.1) is 21.5 Å². The molecule has 2 N–H and O–H groups in total. The van der Waals surface area contributed by atoms with E-state index < -0.39 is 5.60 Å². The molecule has 0 saturated carbocycles. The van der Waals surface area contributed by atoms with Crippen LogP contribution in [0.1, 0.15) is 32.2 Å². The number of likely N-dealkylation sites (N-methyl/N-ethyl adjacent to an activating group) is 1. The highest BCUT2D eigenvalue weighted by atomic mass is 79.9. The van der Waals surface area contributed by atoms with Crippen LogP contribution in [0.25, 0.3) is 0 Å². The van der Waals surface area contributed by atoms with E-state index in [9.17, 15) is 5.11 Å². The summed E-state index contributed by atoms with van der Waals surface area (Å²) in [5.74, 6) is 0. The molecule has 0 amide bonds. The predicted octanol–water partition coefficient (Wildman–Crippen LogP) is 1.65. The second-order valence-electron chi connectivity index (χ2n) is 4.64. The van der Waals surface area contributed by atoms with Gasteiger partial charge in [-0.05, 0) is 35.8 Å². The van der Waals surface area contributed by atoms with Crippen LogP contribution in [0.15, 0.2) is 4.47 Å². The van der Waals surface area contributed by atoms with Crippen molar-refractivity contribution >= 4 is 15.9 Å². The van der Waals surface area contributed by atoms with Gasteiger partial charge in [0.15, 0.2) is 0 Å². The topological polar surface area (TPSA) is 50.1 Å². The number of aliphatic hydroxyl groups is 1. The van der Waals surface area contributed by atoms with Crippen LogP contribution in [0, 0.1) is 0 Å². The van der Waals surface area contributed by atoms with Crippen molar-refractivity contribution in [2.75, 3.05) is 13.1 Å². The molecule has 1 unspecified atom stereocenters. The first kappa shape index (κ1) is 14.7. The predicted molar refractivity (Wildman–Crippen MR) is 73.2 cm³/mol. The monoisotopic (exact) mass is 303 g/mol. The Morgan fingerprint density at radius 2 is 2.12 bits per heavy atom. The van der Waals surface area contributed by atoms with Crippen molar-refractivity contribution in [1.29, 1.82) is 0 Å². The number of hydrogen-bond donors (Lipinski definition) is 2. The summed E-state index contributed by atoms with van der Waals surface area (Å²) in [7, 11) is 1.92. The fraction of sp³-hybridized carbons (Fsp3) is 0.750. The fourth-order valence-corrected chi connectivity index (χ4v) is 2.59. The average molecular weight is 304 g/mol. The van der Waals surface area contributed by atoms with Crippen molar-refractivity contribution in [3.8, 4) is 0 Å². The molecule has 4 nitrogen and oxygen atoms in total. The number of halogens is 1. The van der Waals surface area contributed by atoms with Crippen molar-refractivity contribution in [1.82, 2.24) is 15.1 Å². The third-order valence-corrected chi connectivity index (χ3v) is 3.72. The largest absolute Gasteiger partial charge is 0.388 e. The molecule has 0 fully saturated rings. The Kier molecular flexibility index (Phi) is 5.16. The van der Waals surface area contributed by atoms with E-state index in [0.717, 1.165) is 28.8 Å². The van der Waals surface area contributed by atoms with E-state index in [2.05, 4.69) is 33.3 Å². The SMILES string of the molecule is CCNCC(C)(O)Cc1c(Br)c(CC)nn1C. The van der Waals surface area contributed by atoms with Crippen molar-refractivity contribution in [2.24, 2.45) is 7.05 Å². The molecule has 0 aliphatic rings. The van der Waals surface area contributed by atoms with Crippen molar-refractivity contribution in [3.05, 3.63) is 15.9 Å². The van der Waals surface area contributed by atoms with E-state index in [1.807, 2.05) is 25.6 Å². The van der Waals surface area contributed by atoms with E-state index in [1.165, 1.54) is 0 Å². The van der Waals surface area contributed by atoms with E-state index >= 15 is 0 Å². The average Bonchev–Trinajstić information content (AvgIpc) is 2.53. The van der Waals surface area contributed by atoms with E-state index in [0.29, 0.717) is 13.0 Å². The summed E-state index contributed by atoms with van der Waals surface area (Å²) in [6.07, 6.45) is 1.48. The first-order valence-electron chi connectivity index (χ1n) is 6.04. The molecule has 0 aliphatic heterocycles. The molecule has 1 aromatic rings. The second kappa shape index (κ2) is 5.98. The van der Waals surface area contributed by atoms with Gasteiger partial charge >= 0.3 is 0 Å². The van der Waals surface area contributed by atoms with E-state index in [-0.39, 0.29) is 0 Å². The molecule has 0 aliphatic carbocycles. The molecule has 17 heavy (non-hydrogen) atoms. The zero-order valence-corrected chi connectivity index (χ0v) is 12.6. The van der Waals surface area contributed by atoms with Crippen LogP contribution < -0.4 is 5.32 Å². The van der Waals surface area contributed by atoms with Crippen LogP contribution in [-0.4, -0.2) is 33.6 Å². The number of rotatable bonds is 6. The zero-order chi connectivity index (χ0) is 13.1. The quantitative estimate of drug-likeness (QED) is 0.840.